The first-order valence-electron chi connectivity index (χ1n) is 7.76. The van der Waals surface area contributed by atoms with Gasteiger partial charge < -0.3 is 4.74 Å². The molecule has 0 N–H and O–H groups in total. The van der Waals surface area contributed by atoms with Crippen LogP contribution in [0.4, 0.5) is 26.3 Å². The molecular weight excluding hydrogens is 390 g/mol. The molecule has 148 valence electrons. The fourth-order valence-electron chi connectivity index (χ4n) is 2.40. The van der Waals surface area contributed by atoms with E-state index in [-0.39, 0.29) is 23.6 Å². The van der Waals surface area contributed by atoms with E-state index in [4.69, 9.17) is 4.74 Å². The standard InChI is InChI=1S/C17H12F6N4O/c1-28-13-8-24-15(25-9-13)7-12-6-14(17(21,22)23)26-27(12)11-4-2-10(3-5-11)16(18,19)20/h2-6,8-9H,7H2,1H3. The topological polar surface area (TPSA) is 52.8 Å². The lowest BCUT2D eigenvalue weighted by Gasteiger charge is -2.10. The van der Waals surface area contributed by atoms with Crippen molar-refractivity contribution in [2.24, 2.45) is 0 Å². The normalized spacial score (nSPS) is 12.2. The third-order valence-corrected chi connectivity index (χ3v) is 3.77. The summed E-state index contributed by atoms with van der Waals surface area (Å²) in [7, 11) is 1.41. The van der Waals surface area contributed by atoms with Gasteiger partial charge in [0.15, 0.2) is 11.4 Å². The molecular formula is C17H12F6N4O. The maximum absolute atomic E-state index is 13.1. The molecule has 11 heteroatoms. The summed E-state index contributed by atoms with van der Waals surface area (Å²) >= 11 is 0. The minimum absolute atomic E-state index is 0.0482. The highest BCUT2D eigenvalue weighted by molar-refractivity contribution is 5.38. The predicted molar refractivity (Wildman–Crippen MR) is 85.0 cm³/mol. The van der Waals surface area contributed by atoms with Crippen molar-refractivity contribution in [2.45, 2.75) is 18.8 Å². The molecule has 0 saturated carbocycles. The largest absolute Gasteiger partial charge is 0.494 e. The van der Waals surface area contributed by atoms with Crippen molar-refractivity contribution in [3.63, 3.8) is 0 Å². The van der Waals surface area contributed by atoms with Gasteiger partial charge in [-0.3, -0.25) is 0 Å². The van der Waals surface area contributed by atoms with Crippen LogP contribution >= 0.6 is 0 Å². The second-order valence-corrected chi connectivity index (χ2v) is 5.69. The lowest BCUT2D eigenvalue weighted by atomic mass is 10.2. The van der Waals surface area contributed by atoms with E-state index in [1.807, 2.05) is 0 Å². The molecule has 0 aliphatic heterocycles. The molecule has 3 aromatic rings. The summed E-state index contributed by atoms with van der Waals surface area (Å²) < 4.78 is 83.2. The maximum Gasteiger partial charge on any atom is 0.435 e. The predicted octanol–water partition coefficient (Wildman–Crippen LogP) is 4.30. The van der Waals surface area contributed by atoms with Gasteiger partial charge in [0.2, 0.25) is 0 Å². The Bertz CT molecular complexity index is 946. The van der Waals surface area contributed by atoms with Crippen molar-refractivity contribution in [2.75, 3.05) is 7.11 Å². The highest BCUT2D eigenvalue weighted by Crippen LogP contribution is 2.32. The van der Waals surface area contributed by atoms with Gasteiger partial charge in [0.25, 0.3) is 0 Å². The van der Waals surface area contributed by atoms with Crippen LogP contribution in [0.1, 0.15) is 22.8 Å². The molecule has 0 unspecified atom stereocenters. The zero-order valence-corrected chi connectivity index (χ0v) is 14.2. The van der Waals surface area contributed by atoms with Gasteiger partial charge in [-0.2, -0.15) is 31.4 Å². The number of hydrogen-bond acceptors (Lipinski definition) is 4. The molecule has 0 bridgehead atoms. The van der Waals surface area contributed by atoms with Crippen LogP contribution < -0.4 is 4.74 Å². The third kappa shape index (κ3) is 4.24. The Morgan fingerprint density at radius 3 is 2.04 bits per heavy atom. The van der Waals surface area contributed by atoms with Crippen LogP contribution in [0.3, 0.4) is 0 Å². The number of benzene rings is 1. The fourth-order valence-corrected chi connectivity index (χ4v) is 2.40. The van der Waals surface area contributed by atoms with Crippen molar-refractivity contribution in [1.82, 2.24) is 19.7 Å². The van der Waals surface area contributed by atoms with Crippen LogP contribution in [0.2, 0.25) is 0 Å². The molecule has 0 spiro atoms. The Labute approximate surface area is 154 Å². The molecule has 3 rings (SSSR count). The fraction of sp³-hybridized carbons (Fsp3) is 0.235. The van der Waals surface area contributed by atoms with Crippen LogP contribution in [0.5, 0.6) is 5.75 Å². The van der Waals surface area contributed by atoms with E-state index in [0.717, 1.165) is 35.0 Å². The molecule has 28 heavy (non-hydrogen) atoms. The Kier molecular flexibility index (Phi) is 5.01. The van der Waals surface area contributed by atoms with Crippen LogP contribution in [0, 0.1) is 0 Å². The number of ether oxygens (including phenoxy) is 1. The molecule has 2 aromatic heterocycles. The van der Waals surface area contributed by atoms with E-state index < -0.39 is 23.6 Å². The Morgan fingerprint density at radius 2 is 1.54 bits per heavy atom. The molecule has 0 atom stereocenters. The lowest BCUT2D eigenvalue weighted by molar-refractivity contribution is -0.141. The van der Waals surface area contributed by atoms with E-state index >= 15 is 0 Å². The van der Waals surface area contributed by atoms with Crippen LogP contribution in [0.25, 0.3) is 5.69 Å². The summed E-state index contributed by atoms with van der Waals surface area (Å²) in [4.78, 5) is 7.98. The molecule has 0 radical (unpaired) electrons. The minimum Gasteiger partial charge on any atom is -0.494 e. The Balaban J connectivity index is 2.00. The summed E-state index contributed by atoms with van der Waals surface area (Å²) in [6, 6.07) is 4.46. The van der Waals surface area contributed by atoms with Crippen molar-refractivity contribution in [1.29, 1.82) is 0 Å². The third-order valence-electron chi connectivity index (χ3n) is 3.77. The molecule has 0 aliphatic rings. The van der Waals surface area contributed by atoms with Gasteiger partial charge in [0, 0.05) is 0 Å². The summed E-state index contributed by atoms with van der Waals surface area (Å²) in [5, 5.41) is 3.50. The Hall–Kier alpha value is -3.11. The van der Waals surface area contributed by atoms with Crippen LogP contribution in [-0.4, -0.2) is 26.9 Å². The Morgan fingerprint density at radius 1 is 0.929 bits per heavy atom. The molecule has 1 aromatic carbocycles. The quantitative estimate of drug-likeness (QED) is 0.611. The van der Waals surface area contributed by atoms with E-state index in [1.54, 1.807) is 0 Å². The number of alkyl halides is 6. The van der Waals surface area contributed by atoms with Crippen molar-refractivity contribution in [3.05, 3.63) is 65.5 Å². The SMILES string of the molecule is COc1cnc(Cc2cc(C(F)(F)F)nn2-c2ccc(C(F)(F)F)cc2)nc1. The van der Waals surface area contributed by atoms with Crippen molar-refractivity contribution < 1.29 is 31.1 Å². The van der Waals surface area contributed by atoms with E-state index in [1.165, 1.54) is 19.5 Å². The van der Waals surface area contributed by atoms with Crippen molar-refractivity contribution in [3.8, 4) is 11.4 Å². The minimum atomic E-state index is -4.72. The lowest BCUT2D eigenvalue weighted by Crippen LogP contribution is -2.09. The first-order valence-corrected chi connectivity index (χ1v) is 7.76. The first-order chi connectivity index (χ1) is 13.1. The van der Waals surface area contributed by atoms with Crippen LogP contribution in [0.15, 0.2) is 42.7 Å². The molecule has 0 amide bonds. The summed E-state index contributed by atoms with van der Waals surface area (Å²) in [5.74, 6) is 0.568. The monoisotopic (exact) mass is 402 g/mol. The molecule has 5 nitrogen and oxygen atoms in total. The van der Waals surface area contributed by atoms with Gasteiger partial charge in [-0.25, -0.2) is 14.6 Å². The van der Waals surface area contributed by atoms with E-state index in [0.29, 0.717) is 5.75 Å². The number of nitrogens with zero attached hydrogens (tertiary/aromatic N) is 4. The van der Waals surface area contributed by atoms with Gasteiger partial charge in [0.1, 0.15) is 5.82 Å². The molecule has 0 fully saturated rings. The van der Waals surface area contributed by atoms with Gasteiger partial charge in [-0.1, -0.05) is 0 Å². The average molecular weight is 402 g/mol. The summed E-state index contributed by atoms with van der Waals surface area (Å²) in [6.07, 6.45) is -6.68. The summed E-state index contributed by atoms with van der Waals surface area (Å²) in [6.45, 7) is 0. The molecule has 0 aliphatic carbocycles. The highest BCUT2D eigenvalue weighted by atomic mass is 19.4. The van der Waals surface area contributed by atoms with E-state index in [9.17, 15) is 26.3 Å². The molecule has 2 heterocycles. The first kappa shape index (κ1) is 19.6. The van der Waals surface area contributed by atoms with E-state index in [2.05, 4.69) is 15.1 Å². The van der Waals surface area contributed by atoms with Crippen LogP contribution in [-0.2, 0) is 18.8 Å². The number of halogens is 6. The highest BCUT2D eigenvalue weighted by Gasteiger charge is 2.35. The second-order valence-electron chi connectivity index (χ2n) is 5.69. The van der Waals surface area contributed by atoms with Gasteiger partial charge in [-0.05, 0) is 30.3 Å². The smallest absolute Gasteiger partial charge is 0.435 e. The number of methoxy groups -OCH3 is 1. The summed E-state index contributed by atoms with van der Waals surface area (Å²) in [5.41, 5.74) is -1.97. The van der Waals surface area contributed by atoms with Gasteiger partial charge >= 0.3 is 12.4 Å². The van der Waals surface area contributed by atoms with Gasteiger partial charge in [0.05, 0.1) is 42.9 Å². The molecule has 0 saturated heterocycles. The number of aromatic nitrogens is 4. The zero-order chi connectivity index (χ0) is 20.5. The number of hydrogen-bond donors (Lipinski definition) is 0. The second kappa shape index (κ2) is 7.13. The number of rotatable bonds is 4. The van der Waals surface area contributed by atoms with Crippen molar-refractivity contribution >= 4 is 0 Å². The maximum atomic E-state index is 13.1. The zero-order valence-electron chi connectivity index (χ0n) is 14.2. The average Bonchev–Trinajstić information content (AvgIpc) is 3.06. The van der Waals surface area contributed by atoms with Gasteiger partial charge in [-0.15, -0.1) is 0 Å².